The summed E-state index contributed by atoms with van der Waals surface area (Å²) in [4.78, 5) is 0. The molecule has 98 valence electrons. The largest absolute Gasteiger partial charge is 0.493 e. The second-order valence-corrected chi connectivity index (χ2v) is 4.16. The summed E-state index contributed by atoms with van der Waals surface area (Å²) in [6, 6.07) is 8.30. The molecule has 0 aliphatic heterocycles. The van der Waals surface area contributed by atoms with Crippen molar-refractivity contribution in [1.82, 2.24) is 5.32 Å². The maximum Gasteiger partial charge on any atom is 0.160 e. The van der Waals surface area contributed by atoms with Crippen LogP contribution in [0.1, 0.15) is 18.9 Å². The molecule has 4 heteroatoms. The second kappa shape index (κ2) is 7.57. The van der Waals surface area contributed by atoms with Crippen LogP contribution in [0.4, 0.5) is 0 Å². The lowest BCUT2D eigenvalue weighted by Crippen LogP contribution is -2.27. The van der Waals surface area contributed by atoms with Gasteiger partial charge in [0.05, 0.1) is 26.7 Å². The number of nitrogens with one attached hydrogen (secondary N) is 1. The van der Waals surface area contributed by atoms with Gasteiger partial charge in [0.2, 0.25) is 0 Å². The van der Waals surface area contributed by atoms with Gasteiger partial charge >= 0.3 is 0 Å². The fourth-order valence-corrected chi connectivity index (χ4v) is 1.71. The summed E-state index contributed by atoms with van der Waals surface area (Å²) in [6.07, 6.45) is 1.43. The zero-order valence-corrected chi connectivity index (χ0v) is 11.2. The second-order valence-electron chi connectivity index (χ2n) is 4.16. The lowest BCUT2D eigenvalue weighted by atomic mass is 10.1. The summed E-state index contributed by atoms with van der Waals surface area (Å²) in [6.45, 7) is 2.86. The van der Waals surface area contributed by atoms with Crippen LogP contribution in [0.5, 0.6) is 11.5 Å². The monoisotopic (exact) mass is 248 g/mol. The van der Waals surface area contributed by atoms with E-state index in [1.807, 2.05) is 25.1 Å². The van der Waals surface area contributed by atoms with Crippen molar-refractivity contribution in [3.63, 3.8) is 0 Å². The fraction of sp³-hybridized carbons (Fsp3) is 0.500. The van der Waals surface area contributed by atoms with Gasteiger partial charge in [-0.05, 0) is 37.6 Å². The first-order valence-corrected chi connectivity index (χ1v) is 6.02. The number of hydrogen-bond donors (Lipinski definition) is 1. The third kappa shape index (κ3) is 4.27. The molecule has 1 aromatic carbocycles. The SMILES string of the molecule is COc1ccc(CCNC(C)CC#N)cc1OC. The molecule has 1 unspecified atom stereocenters. The van der Waals surface area contributed by atoms with Crippen LogP contribution in [0.2, 0.25) is 0 Å². The number of ether oxygens (including phenoxy) is 2. The number of nitriles is 1. The van der Waals surface area contributed by atoms with E-state index in [2.05, 4.69) is 11.4 Å². The first-order valence-electron chi connectivity index (χ1n) is 6.02. The molecule has 0 aliphatic rings. The van der Waals surface area contributed by atoms with Crippen molar-refractivity contribution >= 4 is 0 Å². The first kappa shape index (κ1) is 14.3. The van der Waals surface area contributed by atoms with E-state index in [1.54, 1.807) is 14.2 Å². The Morgan fingerprint density at radius 3 is 2.61 bits per heavy atom. The fourth-order valence-electron chi connectivity index (χ4n) is 1.71. The van der Waals surface area contributed by atoms with Crippen LogP contribution in [-0.4, -0.2) is 26.8 Å². The van der Waals surface area contributed by atoms with Gasteiger partial charge in [-0.2, -0.15) is 5.26 Å². The van der Waals surface area contributed by atoms with E-state index in [0.717, 1.165) is 24.5 Å². The van der Waals surface area contributed by atoms with Crippen LogP contribution in [0.3, 0.4) is 0 Å². The number of methoxy groups -OCH3 is 2. The van der Waals surface area contributed by atoms with E-state index < -0.39 is 0 Å². The molecular formula is C14H20N2O2. The molecule has 4 nitrogen and oxygen atoms in total. The van der Waals surface area contributed by atoms with Crippen molar-refractivity contribution < 1.29 is 9.47 Å². The van der Waals surface area contributed by atoms with Gasteiger partial charge in [-0.25, -0.2) is 0 Å². The Bertz CT molecular complexity index is 413. The highest BCUT2D eigenvalue weighted by atomic mass is 16.5. The Labute approximate surface area is 109 Å². The number of rotatable bonds is 7. The average molecular weight is 248 g/mol. The summed E-state index contributed by atoms with van der Waals surface area (Å²) in [5.74, 6) is 1.49. The maximum absolute atomic E-state index is 8.56. The van der Waals surface area contributed by atoms with Crippen molar-refractivity contribution in [3.8, 4) is 17.6 Å². The Morgan fingerprint density at radius 1 is 1.28 bits per heavy atom. The van der Waals surface area contributed by atoms with Crippen LogP contribution >= 0.6 is 0 Å². The zero-order valence-electron chi connectivity index (χ0n) is 11.2. The minimum Gasteiger partial charge on any atom is -0.493 e. The summed E-state index contributed by atoms with van der Waals surface area (Å²) in [5.41, 5.74) is 1.18. The molecule has 0 spiro atoms. The Balaban J connectivity index is 2.50. The molecule has 0 aliphatic carbocycles. The highest BCUT2D eigenvalue weighted by Gasteiger charge is 2.05. The van der Waals surface area contributed by atoms with E-state index in [9.17, 15) is 0 Å². The van der Waals surface area contributed by atoms with Gasteiger partial charge < -0.3 is 14.8 Å². The predicted octanol–water partition coefficient (Wildman–Crippen LogP) is 2.14. The Kier molecular flexibility index (Phi) is 6.03. The van der Waals surface area contributed by atoms with Crippen molar-refractivity contribution in [2.45, 2.75) is 25.8 Å². The van der Waals surface area contributed by atoms with Crippen LogP contribution in [0.15, 0.2) is 18.2 Å². The molecule has 0 fully saturated rings. The Hall–Kier alpha value is -1.73. The van der Waals surface area contributed by atoms with Gasteiger partial charge in [0.25, 0.3) is 0 Å². The first-order chi connectivity index (χ1) is 8.71. The lowest BCUT2D eigenvalue weighted by molar-refractivity contribution is 0.354. The molecule has 1 rings (SSSR count). The van der Waals surface area contributed by atoms with Crippen LogP contribution in [0, 0.1) is 11.3 Å². The molecule has 0 amide bonds. The smallest absolute Gasteiger partial charge is 0.160 e. The number of benzene rings is 1. The number of hydrogen-bond acceptors (Lipinski definition) is 4. The molecule has 18 heavy (non-hydrogen) atoms. The minimum atomic E-state index is 0.232. The number of nitrogens with zero attached hydrogens (tertiary/aromatic N) is 1. The van der Waals surface area contributed by atoms with Gasteiger partial charge in [-0.15, -0.1) is 0 Å². The normalized spacial score (nSPS) is 11.7. The molecule has 1 atom stereocenters. The van der Waals surface area contributed by atoms with E-state index in [4.69, 9.17) is 14.7 Å². The maximum atomic E-state index is 8.56. The molecular weight excluding hydrogens is 228 g/mol. The minimum absolute atomic E-state index is 0.232. The van der Waals surface area contributed by atoms with Crippen molar-refractivity contribution in [2.75, 3.05) is 20.8 Å². The van der Waals surface area contributed by atoms with Gasteiger partial charge in [0, 0.05) is 6.04 Å². The van der Waals surface area contributed by atoms with Gasteiger partial charge in [-0.1, -0.05) is 6.07 Å². The summed E-state index contributed by atoms with van der Waals surface area (Å²) < 4.78 is 10.4. The van der Waals surface area contributed by atoms with Crippen LogP contribution in [0.25, 0.3) is 0 Å². The highest BCUT2D eigenvalue weighted by molar-refractivity contribution is 5.42. The third-order valence-electron chi connectivity index (χ3n) is 2.75. The van der Waals surface area contributed by atoms with Crippen LogP contribution < -0.4 is 14.8 Å². The van der Waals surface area contributed by atoms with Gasteiger partial charge in [0.15, 0.2) is 11.5 Å². The van der Waals surface area contributed by atoms with E-state index in [1.165, 1.54) is 5.56 Å². The quantitative estimate of drug-likeness (QED) is 0.803. The van der Waals surface area contributed by atoms with Crippen molar-refractivity contribution in [3.05, 3.63) is 23.8 Å². The zero-order chi connectivity index (χ0) is 13.4. The summed E-state index contributed by atoms with van der Waals surface area (Å²) >= 11 is 0. The summed E-state index contributed by atoms with van der Waals surface area (Å²) in [7, 11) is 3.26. The van der Waals surface area contributed by atoms with Crippen molar-refractivity contribution in [2.24, 2.45) is 0 Å². The van der Waals surface area contributed by atoms with E-state index >= 15 is 0 Å². The van der Waals surface area contributed by atoms with Gasteiger partial charge in [-0.3, -0.25) is 0 Å². The molecule has 0 aromatic heterocycles. The highest BCUT2D eigenvalue weighted by Crippen LogP contribution is 2.27. The van der Waals surface area contributed by atoms with Crippen molar-refractivity contribution in [1.29, 1.82) is 5.26 Å². The molecule has 0 radical (unpaired) electrons. The topological polar surface area (TPSA) is 54.3 Å². The molecule has 0 saturated heterocycles. The lowest BCUT2D eigenvalue weighted by Gasteiger charge is -2.12. The molecule has 0 saturated carbocycles. The van der Waals surface area contributed by atoms with E-state index in [0.29, 0.717) is 6.42 Å². The Morgan fingerprint density at radius 2 is 2.00 bits per heavy atom. The van der Waals surface area contributed by atoms with Gasteiger partial charge in [0.1, 0.15) is 0 Å². The molecule has 0 heterocycles. The van der Waals surface area contributed by atoms with E-state index in [-0.39, 0.29) is 6.04 Å². The molecule has 0 bridgehead atoms. The molecule has 1 aromatic rings. The van der Waals surface area contributed by atoms with Crippen LogP contribution in [-0.2, 0) is 6.42 Å². The molecule has 1 N–H and O–H groups in total. The predicted molar refractivity (Wildman–Crippen MR) is 70.9 cm³/mol. The average Bonchev–Trinajstić information content (AvgIpc) is 2.38. The summed E-state index contributed by atoms with van der Waals surface area (Å²) in [5, 5.41) is 11.9. The standard InChI is InChI=1S/C14H20N2O2/c1-11(6-8-15)16-9-7-12-4-5-13(17-2)14(10-12)18-3/h4-5,10-11,16H,6-7,9H2,1-3H3. The third-order valence-corrected chi connectivity index (χ3v) is 2.75.